The fourth-order valence-corrected chi connectivity index (χ4v) is 3.70. The Kier molecular flexibility index (Phi) is 6.97. The SMILES string of the molecule is CCOc1ccc(Cl)c(/C(O)=C2\C(=O)C(=O)N(CCN(C)C)C2c2ccc(F)cc2)c1. The molecular weight excluding hydrogens is 423 g/mol. The van der Waals surface area contributed by atoms with Gasteiger partial charge in [-0.05, 0) is 56.9 Å². The van der Waals surface area contributed by atoms with Crippen molar-refractivity contribution in [1.29, 1.82) is 0 Å². The molecule has 1 atom stereocenters. The van der Waals surface area contributed by atoms with Crippen molar-refractivity contribution >= 4 is 29.1 Å². The van der Waals surface area contributed by atoms with E-state index in [1.165, 1.54) is 35.2 Å². The quantitative estimate of drug-likeness (QED) is 0.397. The van der Waals surface area contributed by atoms with Crippen LogP contribution in [0.5, 0.6) is 5.75 Å². The second-order valence-electron chi connectivity index (χ2n) is 7.42. The minimum absolute atomic E-state index is 0.0917. The summed E-state index contributed by atoms with van der Waals surface area (Å²) < 4.78 is 19.0. The standard InChI is InChI=1S/C23H24ClFN2O4/c1-4-31-16-9-10-18(24)17(13-16)21(28)19-20(14-5-7-15(25)8-6-14)27(12-11-26(2)3)23(30)22(19)29/h5-10,13,20,28H,4,11-12H2,1-3H3/b21-19+. The van der Waals surface area contributed by atoms with E-state index >= 15 is 0 Å². The van der Waals surface area contributed by atoms with Crippen LogP contribution in [0.2, 0.25) is 5.02 Å². The van der Waals surface area contributed by atoms with Crippen LogP contribution in [0.1, 0.15) is 24.1 Å². The summed E-state index contributed by atoms with van der Waals surface area (Å²) in [6, 6.07) is 9.36. The topological polar surface area (TPSA) is 70.1 Å². The third-order valence-electron chi connectivity index (χ3n) is 5.02. The zero-order chi connectivity index (χ0) is 22.7. The molecule has 1 aliphatic rings. The van der Waals surface area contributed by atoms with Crippen LogP contribution in [-0.2, 0) is 9.59 Å². The monoisotopic (exact) mass is 446 g/mol. The first kappa shape index (κ1) is 22.8. The van der Waals surface area contributed by atoms with Gasteiger partial charge in [0, 0.05) is 18.7 Å². The lowest BCUT2D eigenvalue weighted by Gasteiger charge is -2.26. The van der Waals surface area contributed by atoms with Crippen molar-refractivity contribution in [2.75, 3.05) is 33.8 Å². The second-order valence-corrected chi connectivity index (χ2v) is 7.83. The molecule has 0 radical (unpaired) electrons. The van der Waals surface area contributed by atoms with E-state index in [4.69, 9.17) is 16.3 Å². The highest BCUT2D eigenvalue weighted by atomic mass is 35.5. The number of aliphatic hydroxyl groups excluding tert-OH is 1. The summed E-state index contributed by atoms with van der Waals surface area (Å²) in [4.78, 5) is 29.1. The summed E-state index contributed by atoms with van der Waals surface area (Å²) in [5.74, 6) is -1.92. The molecule has 0 bridgehead atoms. The molecule has 0 saturated carbocycles. The van der Waals surface area contributed by atoms with Crippen LogP contribution in [0.4, 0.5) is 4.39 Å². The number of halogens is 2. The lowest BCUT2D eigenvalue weighted by atomic mass is 9.95. The Morgan fingerprint density at radius 2 is 1.87 bits per heavy atom. The Morgan fingerprint density at radius 1 is 1.19 bits per heavy atom. The predicted molar refractivity (Wildman–Crippen MR) is 117 cm³/mol. The average Bonchev–Trinajstić information content (AvgIpc) is 2.98. The van der Waals surface area contributed by atoms with Crippen molar-refractivity contribution in [2.24, 2.45) is 0 Å². The van der Waals surface area contributed by atoms with E-state index in [2.05, 4.69) is 0 Å². The molecule has 1 amide bonds. The van der Waals surface area contributed by atoms with E-state index in [9.17, 15) is 19.1 Å². The smallest absolute Gasteiger partial charge is 0.295 e. The fourth-order valence-electron chi connectivity index (χ4n) is 3.50. The number of benzene rings is 2. The summed E-state index contributed by atoms with van der Waals surface area (Å²) in [6.45, 7) is 2.99. The van der Waals surface area contributed by atoms with Crippen LogP contribution in [-0.4, -0.2) is 60.4 Å². The number of carbonyl (C=O) groups is 2. The number of aliphatic hydroxyl groups is 1. The minimum atomic E-state index is -0.868. The maximum absolute atomic E-state index is 13.5. The number of hydrogen-bond donors (Lipinski definition) is 1. The molecule has 2 aromatic rings. The van der Waals surface area contributed by atoms with Crippen molar-refractivity contribution < 1.29 is 23.8 Å². The molecule has 1 fully saturated rings. The minimum Gasteiger partial charge on any atom is -0.507 e. The summed E-state index contributed by atoms with van der Waals surface area (Å²) in [6.07, 6.45) is 0. The van der Waals surface area contributed by atoms with E-state index in [0.29, 0.717) is 24.5 Å². The van der Waals surface area contributed by atoms with Gasteiger partial charge in [-0.25, -0.2) is 4.39 Å². The molecule has 6 nitrogen and oxygen atoms in total. The normalized spacial score (nSPS) is 18.1. The van der Waals surface area contributed by atoms with Crippen molar-refractivity contribution in [2.45, 2.75) is 13.0 Å². The number of amides is 1. The number of likely N-dealkylation sites (tertiary alicyclic amines) is 1. The van der Waals surface area contributed by atoms with Crippen molar-refractivity contribution in [3.63, 3.8) is 0 Å². The molecule has 0 spiro atoms. The van der Waals surface area contributed by atoms with Gasteiger partial charge in [0.15, 0.2) is 0 Å². The van der Waals surface area contributed by atoms with Gasteiger partial charge in [0.2, 0.25) is 0 Å². The molecule has 1 aliphatic heterocycles. The molecule has 3 rings (SSSR count). The van der Waals surface area contributed by atoms with Gasteiger partial charge in [-0.1, -0.05) is 23.7 Å². The first-order valence-electron chi connectivity index (χ1n) is 9.86. The number of nitrogens with zero attached hydrogens (tertiary/aromatic N) is 2. The van der Waals surface area contributed by atoms with Crippen LogP contribution in [0, 0.1) is 5.82 Å². The Hall–Kier alpha value is -2.90. The largest absolute Gasteiger partial charge is 0.507 e. The molecule has 164 valence electrons. The molecule has 0 aliphatic carbocycles. The van der Waals surface area contributed by atoms with Crippen LogP contribution in [0.25, 0.3) is 5.76 Å². The molecule has 8 heteroatoms. The molecule has 2 aromatic carbocycles. The Bertz CT molecular complexity index is 1020. The average molecular weight is 447 g/mol. The van der Waals surface area contributed by atoms with Gasteiger partial charge in [0.25, 0.3) is 11.7 Å². The fraction of sp³-hybridized carbons (Fsp3) is 0.304. The lowest BCUT2D eigenvalue weighted by molar-refractivity contribution is -0.140. The van der Waals surface area contributed by atoms with Gasteiger partial charge in [0.05, 0.1) is 23.2 Å². The first-order chi connectivity index (χ1) is 14.7. The van der Waals surface area contributed by atoms with Crippen molar-refractivity contribution in [3.05, 3.63) is 70.0 Å². The maximum Gasteiger partial charge on any atom is 0.295 e. The maximum atomic E-state index is 13.5. The number of Topliss-reactive ketones (excluding diaryl/α,β-unsaturated/α-hetero) is 1. The third-order valence-corrected chi connectivity index (χ3v) is 5.35. The van der Waals surface area contributed by atoms with Gasteiger partial charge in [-0.3, -0.25) is 9.59 Å². The van der Waals surface area contributed by atoms with Crippen LogP contribution in [0.3, 0.4) is 0 Å². The summed E-state index contributed by atoms with van der Waals surface area (Å²) in [7, 11) is 3.70. The van der Waals surface area contributed by atoms with Gasteiger partial charge in [-0.15, -0.1) is 0 Å². The van der Waals surface area contributed by atoms with Gasteiger partial charge < -0.3 is 19.6 Å². The molecule has 1 saturated heterocycles. The Labute approximate surface area is 185 Å². The van der Waals surface area contributed by atoms with Gasteiger partial charge in [-0.2, -0.15) is 0 Å². The number of rotatable bonds is 7. The Balaban J connectivity index is 2.17. The molecule has 31 heavy (non-hydrogen) atoms. The van der Waals surface area contributed by atoms with E-state index in [0.717, 1.165) is 0 Å². The lowest BCUT2D eigenvalue weighted by Crippen LogP contribution is -2.35. The van der Waals surface area contributed by atoms with E-state index < -0.39 is 29.3 Å². The predicted octanol–water partition coefficient (Wildman–Crippen LogP) is 3.86. The summed E-state index contributed by atoms with van der Waals surface area (Å²) in [5.41, 5.74) is 0.606. The number of ether oxygens (including phenoxy) is 1. The molecular formula is C23H24ClFN2O4. The highest BCUT2D eigenvalue weighted by Crippen LogP contribution is 2.41. The first-order valence-corrected chi connectivity index (χ1v) is 10.2. The molecule has 0 aromatic heterocycles. The van der Waals surface area contributed by atoms with Gasteiger partial charge in [0.1, 0.15) is 17.3 Å². The number of hydrogen-bond acceptors (Lipinski definition) is 5. The summed E-state index contributed by atoms with van der Waals surface area (Å²) in [5, 5.41) is 11.3. The molecule has 1 unspecified atom stereocenters. The van der Waals surface area contributed by atoms with Crippen LogP contribution in [0.15, 0.2) is 48.0 Å². The third kappa shape index (κ3) is 4.73. The van der Waals surface area contributed by atoms with Crippen LogP contribution < -0.4 is 4.74 Å². The van der Waals surface area contributed by atoms with E-state index in [1.54, 1.807) is 12.1 Å². The number of ketones is 1. The van der Waals surface area contributed by atoms with Gasteiger partial charge >= 0.3 is 0 Å². The molecule has 1 N–H and O–H groups in total. The number of carbonyl (C=O) groups excluding carboxylic acids is 2. The van der Waals surface area contributed by atoms with Crippen molar-refractivity contribution in [3.8, 4) is 5.75 Å². The zero-order valence-electron chi connectivity index (χ0n) is 17.6. The molecule has 1 heterocycles. The number of likely N-dealkylation sites (N-methyl/N-ethyl adjacent to an activating group) is 1. The highest BCUT2D eigenvalue weighted by molar-refractivity contribution is 6.47. The van der Waals surface area contributed by atoms with Crippen molar-refractivity contribution in [1.82, 2.24) is 9.80 Å². The van der Waals surface area contributed by atoms with E-state index in [1.807, 2.05) is 25.9 Å². The highest BCUT2D eigenvalue weighted by Gasteiger charge is 2.46. The van der Waals surface area contributed by atoms with Crippen LogP contribution >= 0.6 is 11.6 Å². The van der Waals surface area contributed by atoms with E-state index in [-0.39, 0.29) is 22.7 Å². The second kappa shape index (κ2) is 9.49. The summed E-state index contributed by atoms with van der Waals surface area (Å²) >= 11 is 6.29. The Morgan fingerprint density at radius 3 is 2.48 bits per heavy atom. The zero-order valence-corrected chi connectivity index (χ0v) is 18.3.